The van der Waals surface area contributed by atoms with Crippen molar-refractivity contribution >= 4 is 5.97 Å². The third-order valence-electron chi connectivity index (χ3n) is 10.3. The van der Waals surface area contributed by atoms with Gasteiger partial charge in [0.1, 0.15) is 11.6 Å². The molecule has 0 aromatic carbocycles. The van der Waals surface area contributed by atoms with Gasteiger partial charge in [-0.2, -0.15) is 0 Å². The lowest BCUT2D eigenvalue weighted by Gasteiger charge is -2.59. The van der Waals surface area contributed by atoms with Crippen molar-refractivity contribution < 1.29 is 14.6 Å². The molecule has 2 N–H and O–H groups in total. The summed E-state index contributed by atoms with van der Waals surface area (Å²) in [5, 5.41) is 13.6. The average molecular weight is 402 g/mol. The average Bonchev–Trinajstić information content (AvgIpc) is 3.04. The quantitative estimate of drug-likeness (QED) is 0.510. The molecule has 4 nitrogen and oxygen atoms in total. The number of nitrogens with one attached hydrogen (secondary N) is 1. The Morgan fingerprint density at radius 3 is 2.66 bits per heavy atom. The Labute approximate surface area is 175 Å². The Bertz CT molecular complexity index is 734. The Morgan fingerprint density at radius 2 is 1.90 bits per heavy atom. The summed E-state index contributed by atoms with van der Waals surface area (Å²) in [6, 6.07) is -0.188. The number of allylic oxidation sites excluding steroid dienone is 1. The molecule has 0 aromatic heterocycles. The van der Waals surface area contributed by atoms with Crippen molar-refractivity contribution in [3.8, 4) is 0 Å². The molecule has 4 aliphatic carbocycles. The van der Waals surface area contributed by atoms with Gasteiger partial charge in [0.25, 0.3) is 0 Å². The lowest BCUT2D eigenvalue weighted by molar-refractivity contribution is -0.183. The zero-order chi connectivity index (χ0) is 20.6. The van der Waals surface area contributed by atoms with Gasteiger partial charge >= 0.3 is 5.97 Å². The largest absolute Gasteiger partial charge is 0.457 e. The minimum absolute atomic E-state index is 0.0852. The van der Waals surface area contributed by atoms with Crippen LogP contribution in [0.4, 0.5) is 0 Å². The van der Waals surface area contributed by atoms with E-state index in [4.69, 9.17) is 4.74 Å². The van der Waals surface area contributed by atoms with Crippen LogP contribution in [0.3, 0.4) is 0 Å². The van der Waals surface area contributed by atoms with Crippen molar-refractivity contribution in [2.24, 2.45) is 34.5 Å². The molecule has 0 radical (unpaired) electrons. The van der Waals surface area contributed by atoms with E-state index in [0.717, 1.165) is 43.6 Å². The highest BCUT2D eigenvalue weighted by molar-refractivity contribution is 5.76. The van der Waals surface area contributed by atoms with Gasteiger partial charge in [-0.3, -0.25) is 4.79 Å². The molecule has 1 heterocycles. The van der Waals surface area contributed by atoms with E-state index in [0.29, 0.717) is 11.3 Å². The highest BCUT2D eigenvalue weighted by atomic mass is 16.6. The molecule has 1 unspecified atom stereocenters. The monoisotopic (exact) mass is 401 g/mol. The summed E-state index contributed by atoms with van der Waals surface area (Å²) >= 11 is 0. The van der Waals surface area contributed by atoms with Crippen LogP contribution in [0.2, 0.25) is 0 Å². The number of rotatable bonds is 1. The molecule has 5 aliphatic rings. The van der Waals surface area contributed by atoms with E-state index in [1.807, 2.05) is 6.92 Å². The fourth-order valence-corrected chi connectivity index (χ4v) is 8.63. The van der Waals surface area contributed by atoms with Crippen molar-refractivity contribution in [2.75, 3.05) is 6.54 Å². The minimum Gasteiger partial charge on any atom is -0.457 e. The van der Waals surface area contributed by atoms with Gasteiger partial charge in [0.05, 0.1) is 6.10 Å². The van der Waals surface area contributed by atoms with E-state index in [9.17, 15) is 9.90 Å². The molecule has 4 heteroatoms. The topological polar surface area (TPSA) is 58.6 Å². The molecule has 1 aliphatic heterocycles. The number of carbonyl (C=O) groups excluding carboxylic acids is 1. The number of aliphatic hydroxyl groups excluding tert-OH is 1. The first kappa shape index (κ1) is 20.1. The highest BCUT2D eigenvalue weighted by Crippen LogP contribution is 2.67. The lowest BCUT2D eigenvalue weighted by Crippen LogP contribution is -2.61. The third-order valence-corrected chi connectivity index (χ3v) is 10.3. The molecule has 1 saturated heterocycles. The van der Waals surface area contributed by atoms with Crippen LogP contribution in [0.25, 0.3) is 0 Å². The van der Waals surface area contributed by atoms with Crippen LogP contribution in [0.5, 0.6) is 0 Å². The van der Waals surface area contributed by atoms with Crippen molar-refractivity contribution in [3.63, 3.8) is 0 Å². The van der Waals surface area contributed by atoms with E-state index >= 15 is 0 Å². The number of morpholine rings is 1. The Balaban J connectivity index is 1.42. The smallest absolute Gasteiger partial charge is 0.323 e. The predicted molar refractivity (Wildman–Crippen MR) is 113 cm³/mol. The van der Waals surface area contributed by atoms with Crippen LogP contribution in [0.1, 0.15) is 79.1 Å². The van der Waals surface area contributed by atoms with Crippen molar-refractivity contribution in [1.82, 2.24) is 5.32 Å². The first-order valence-corrected chi connectivity index (χ1v) is 12.0. The predicted octanol–water partition coefficient (Wildman–Crippen LogP) is 4.22. The summed E-state index contributed by atoms with van der Waals surface area (Å²) < 4.78 is 6.10. The second-order valence-corrected chi connectivity index (χ2v) is 11.7. The van der Waals surface area contributed by atoms with Crippen LogP contribution >= 0.6 is 0 Å². The number of carbonyl (C=O) groups is 1. The number of esters is 1. The molecule has 5 rings (SSSR count). The van der Waals surface area contributed by atoms with Gasteiger partial charge in [0.2, 0.25) is 0 Å². The standard InChI is InChI=1S/C25H39NO3/c1-15-22(28)29-25(4,14-26-15)21-8-7-19-18-6-5-16-13-17(27)9-11-23(16,2)20(18)10-12-24(19,21)3/h5,15,17-21,26-27H,6-14H2,1-4H3/t15?,17-,18-,19-,20-,21-,23-,24-,25-/m0/s1. The molecule has 4 fully saturated rings. The van der Waals surface area contributed by atoms with Crippen LogP contribution in [0.15, 0.2) is 11.6 Å². The van der Waals surface area contributed by atoms with E-state index < -0.39 is 0 Å². The molecule has 0 aromatic rings. The van der Waals surface area contributed by atoms with Crippen LogP contribution in [0, 0.1) is 34.5 Å². The molecule has 0 bridgehead atoms. The Hall–Kier alpha value is -0.870. The number of cyclic esters (lactones) is 1. The zero-order valence-electron chi connectivity index (χ0n) is 18.7. The normalized spacial score (nSPS) is 54.7. The highest BCUT2D eigenvalue weighted by Gasteiger charge is 2.62. The first-order chi connectivity index (χ1) is 13.7. The fourth-order valence-electron chi connectivity index (χ4n) is 8.63. The SMILES string of the molecule is CC1NC[C@@](C)([C@H]2CC[C@H]3[C@@H]4CC=C5C[C@@H](O)CC[C@]5(C)[C@H]4CC[C@@]32C)OC1=O. The maximum absolute atomic E-state index is 12.4. The van der Waals surface area contributed by atoms with Gasteiger partial charge in [-0.1, -0.05) is 25.5 Å². The number of hydrogen-bond donors (Lipinski definition) is 2. The number of hydrogen-bond acceptors (Lipinski definition) is 4. The van der Waals surface area contributed by atoms with E-state index in [-0.39, 0.29) is 29.1 Å². The Morgan fingerprint density at radius 1 is 1.10 bits per heavy atom. The summed E-state index contributed by atoms with van der Waals surface area (Å²) in [5.41, 5.74) is 1.71. The van der Waals surface area contributed by atoms with Crippen molar-refractivity contribution in [1.29, 1.82) is 0 Å². The zero-order valence-corrected chi connectivity index (χ0v) is 18.7. The lowest BCUT2D eigenvalue weighted by atomic mass is 9.46. The Kier molecular flexibility index (Phi) is 4.54. The second kappa shape index (κ2) is 6.56. The fraction of sp³-hybridized carbons (Fsp3) is 0.880. The summed E-state index contributed by atoms with van der Waals surface area (Å²) in [7, 11) is 0. The van der Waals surface area contributed by atoms with E-state index in [2.05, 4.69) is 32.2 Å². The molecule has 0 spiro atoms. The van der Waals surface area contributed by atoms with E-state index in [1.54, 1.807) is 5.57 Å². The minimum atomic E-state index is -0.381. The molecule has 162 valence electrons. The van der Waals surface area contributed by atoms with Gasteiger partial charge in [0, 0.05) is 12.5 Å². The molecule has 0 amide bonds. The summed E-state index contributed by atoms with van der Waals surface area (Å²) in [6.45, 7) is 9.86. The van der Waals surface area contributed by atoms with Crippen molar-refractivity contribution in [2.45, 2.75) is 96.8 Å². The summed E-state index contributed by atoms with van der Waals surface area (Å²) in [5.74, 6) is 2.58. The molecular weight excluding hydrogens is 362 g/mol. The molecular formula is C25H39NO3. The molecule has 29 heavy (non-hydrogen) atoms. The van der Waals surface area contributed by atoms with E-state index in [1.165, 1.54) is 32.1 Å². The van der Waals surface area contributed by atoms with Gasteiger partial charge in [-0.15, -0.1) is 0 Å². The molecule has 3 saturated carbocycles. The van der Waals surface area contributed by atoms with Crippen molar-refractivity contribution in [3.05, 3.63) is 11.6 Å². The number of aliphatic hydroxyl groups is 1. The van der Waals surface area contributed by atoms with Crippen LogP contribution in [-0.4, -0.2) is 35.4 Å². The van der Waals surface area contributed by atoms with Gasteiger partial charge < -0.3 is 15.2 Å². The second-order valence-electron chi connectivity index (χ2n) is 11.7. The maximum atomic E-state index is 12.4. The summed E-state index contributed by atoms with van der Waals surface area (Å²) in [4.78, 5) is 12.4. The first-order valence-electron chi connectivity index (χ1n) is 12.0. The summed E-state index contributed by atoms with van der Waals surface area (Å²) in [6.07, 6.45) is 11.5. The van der Waals surface area contributed by atoms with Gasteiger partial charge in [-0.05, 0) is 93.8 Å². The molecule has 9 atom stereocenters. The number of ether oxygens (including phenoxy) is 1. The van der Waals surface area contributed by atoms with Crippen LogP contribution in [-0.2, 0) is 9.53 Å². The van der Waals surface area contributed by atoms with Gasteiger partial charge in [-0.25, -0.2) is 0 Å². The number of fused-ring (bicyclic) bond motifs is 5. The maximum Gasteiger partial charge on any atom is 0.323 e. The third kappa shape index (κ3) is 2.81. The van der Waals surface area contributed by atoms with Gasteiger partial charge in [0.15, 0.2) is 0 Å². The van der Waals surface area contributed by atoms with Crippen LogP contribution < -0.4 is 5.32 Å².